The molecule has 0 saturated carbocycles. The summed E-state index contributed by atoms with van der Waals surface area (Å²) >= 11 is 1.39. The lowest BCUT2D eigenvalue weighted by Crippen LogP contribution is -2.24. The van der Waals surface area contributed by atoms with Crippen LogP contribution in [0.1, 0.15) is 12.8 Å². The number of ether oxygens (including phenoxy) is 2. The van der Waals surface area contributed by atoms with Crippen molar-refractivity contribution in [1.29, 1.82) is 0 Å². The number of esters is 2. The van der Waals surface area contributed by atoms with Crippen molar-refractivity contribution in [2.75, 3.05) is 6.61 Å². The molecule has 1 fully saturated rings. The maximum atomic E-state index is 11.7. The second kappa shape index (κ2) is 6.14. The summed E-state index contributed by atoms with van der Waals surface area (Å²) in [5.74, 6) is -1.55. The van der Waals surface area contributed by atoms with Gasteiger partial charge in [-0.3, -0.25) is 4.79 Å². The van der Waals surface area contributed by atoms with E-state index in [0.29, 0.717) is 6.42 Å². The molecule has 0 aromatic carbocycles. The van der Waals surface area contributed by atoms with Gasteiger partial charge in [-0.1, -0.05) is 6.07 Å². The molecule has 0 N–H and O–H groups in total. The number of aromatic nitrogens is 2. The molecule has 2 aromatic rings. The smallest absolute Gasteiger partial charge is 0.437 e. The minimum absolute atomic E-state index is 0.0221. The standard InChI is InChI=1S/C13H12N2O6S/c16-10(20-8-4-6-19-12(8)17)3-5-15-13(18)21-11(14-15)9-2-1-7-22-9/h1-2,7-8H,3-6H2/t8-/m0/s1. The summed E-state index contributed by atoms with van der Waals surface area (Å²) in [4.78, 5) is 35.2. The lowest BCUT2D eigenvalue weighted by Gasteiger charge is -2.07. The van der Waals surface area contributed by atoms with E-state index in [1.807, 2.05) is 11.4 Å². The highest BCUT2D eigenvalue weighted by Gasteiger charge is 2.30. The molecule has 22 heavy (non-hydrogen) atoms. The van der Waals surface area contributed by atoms with Gasteiger partial charge in [0.1, 0.15) is 0 Å². The average Bonchev–Trinajstić information content (AvgIpc) is 3.20. The maximum absolute atomic E-state index is 11.7. The first-order valence-corrected chi connectivity index (χ1v) is 7.49. The Morgan fingerprint density at radius 2 is 2.36 bits per heavy atom. The number of aryl methyl sites for hydroxylation is 1. The molecule has 1 atom stereocenters. The fraction of sp³-hybridized carbons (Fsp3) is 0.385. The second-order valence-corrected chi connectivity index (χ2v) is 5.51. The van der Waals surface area contributed by atoms with Crippen molar-refractivity contribution in [1.82, 2.24) is 9.78 Å². The van der Waals surface area contributed by atoms with E-state index in [9.17, 15) is 14.4 Å². The van der Waals surface area contributed by atoms with Crippen molar-refractivity contribution in [3.8, 4) is 10.8 Å². The molecule has 9 heteroatoms. The zero-order valence-electron chi connectivity index (χ0n) is 11.4. The summed E-state index contributed by atoms with van der Waals surface area (Å²) in [7, 11) is 0. The van der Waals surface area contributed by atoms with Gasteiger partial charge < -0.3 is 13.9 Å². The van der Waals surface area contributed by atoms with E-state index in [0.717, 1.165) is 9.56 Å². The Labute approximate surface area is 128 Å². The number of hydrogen-bond donors (Lipinski definition) is 0. The van der Waals surface area contributed by atoms with Gasteiger partial charge in [-0.15, -0.1) is 16.4 Å². The Kier molecular flexibility index (Phi) is 4.05. The quantitative estimate of drug-likeness (QED) is 0.750. The second-order valence-electron chi connectivity index (χ2n) is 4.56. The molecule has 0 unspecified atom stereocenters. The van der Waals surface area contributed by atoms with E-state index in [4.69, 9.17) is 13.9 Å². The molecule has 1 saturated heterocycles. The highest BCUT2D eigenvalue weighted by molar-refractivity contribution is 7.13. The van der Waals surface area contributed by atoms with E-state index in [-0.39, 0.29) is 25.5 Å². The van der Waals surface area contributed by atoms with E-state index >= 15 is 0 Å². The predicted molar refractivity (Wildman–Crippen MR) is 74.1 cm³/mol. The molecule has 2 aromatic heterocycles. The van der Waals surface area contributed by atoms with Gasteiger partial charge in [-0.05, 0) is 11.4 Å². The topological polar surface area (TPSA) is 101 Å². The van der Waals surface area contributed by atoms with E-state index in [1.165, 1.54) is 11.3 Å². The van der Waals surface area contributed by atoms with Crippen molar-refractivity contribution in [3.05, 3.63) is 28.1 Å². The van der Waals surface area contributed by atoms with Crippen LogP contribution in [0.2, 0.25) is 0 Å². The summed E-state index contributed by atoms with van der Waals surface area (Å²) in [6.45, 7) is 0.276. The molecule has 0 bridgehead atoms. The van der Waals surface area contributed by atoms with Crippen molar-refractivity contribution in [3.63, 3.8) is 0 Å². The van der Waals surface area contributed by atoms with Gasteiger partial charge in [0.05, 0.1) is 24.4 Å². The molecule has 0 spiro atoms. The van der Waals surface area contributed by atoms with Crippen LogP contribution < -0.4 is 5.76 Å². The average molecular weight is 324 g/mol. The highest BCUT2D eigenvalue weighted by atomic mass is 32.1. The fourth-order valence-electron chi connectivity index (χ4n) is 1.95. The van der Waals surface area contributed by atoms with Crippen LogP contribution in [0.5, 0.6) is 0 Å². The third kappa shape index (κ3) is 3.08. The summed E-state index contributed by atoms with van der Waals surface area (Å²) in [5.41, 5.74) is 0. The van der Waals surface area contributed by atoms with Crippen molar-refractivity contribution in [2.24, 2.45) is 0 Å². The van der Waals surface area contributed by atoms with Gasteiger partial charge in [0, 0.05) is 6.42 Å². The molecule has 8 nitrogen and oxygen atoms in total. The van der Waals surface area contributed by atoms with Crippen LogP contribution in [0.4, 0.5) is 0 Å². The largest absolute Gasteiger partial charge is 0.463 e. The lowest BCUT2D eigenvalue weighted by molar-refractivity contribution is -0.160. The van der Waals surface area contributed by atoms with Gasteiger partial charge in [0.15, 0.2) is 0 Å². The zero-order chi connectivity index (χ0) is 15.5. The summed E-state index contributed by atoms with van der Waals surface area (Å²) in [6, 6.07) is 3.59. The van der Waals surface area contributed by atoms with E-state index < -0.39 is 23.8 Å². The van der Waals surface area contributed by atoms with Crippen LogP contribution in [0.3, 0.4) is 0 Å². The molecule has 116 valence electrons. The summed E-state index contributed by atoms with van der Waals surface area (Å²) in [6.07, 6.45) is -0.569. The van der Waals surface area contributed by atoms with E-state index in [1.54, 1.807) is 6.07 Å². The molecule has 3 rings (SSSR count). The number of hydrogen-bond acceptors (Lipinski definition) is 8. The number of cyclic esters (lactones) is 1. The number of rotatable bonds is 5. The van der Waals surface area contributed by atoms with Crippen LogP contribution >= 0.6 is 11.3 Å². The fourth-order valence-corrected chi connectivity index (χ4v) is 2.59. The molecular weight excluding hydrogens is 312 g/mol. The number of nitrogens with zero attached hydrogens (tertiary/aromatic N) is 2. The molecule has 0 amide bonds. The van der Waals surface area contributed by atoms with Crippen LogP contribution in [0.15, 0.2) is 26.7 Å². The highest BCUT2D eigenvalue weighted by Crippen LogP contribution is 2.21. The van der Waals surface area contributed by atoms with Crippen molar-refractivity contribution in [2.45, 2.75) is 25.5 Å². The van der Waals surface area contributed by atoms with Crippen molar-refractivity contribution >= 4 is 23.3 Å². The van der Waals surface area contributed by atoms with Gasteiger partial charge in [-0.2, -0.15) is 4.68 Å². The molecule has 3 heterocycles. The Morgan fingerprint density at radius 1 is 1.50 bits per heavy atom. The Hall–Kier alpha value is -2.42. The molecule has 1 aliphatic heterocycles. The number of thiophene rings is 1. The summed E-state index contributed by atoms with van der Waals surface area (Å²) < 4.78 is 15.8. The van der Waals surface area contributed by atoms with Crippen LogP contribution in [-0.4, -0.2) is 34.4 Å². The Bertz CT molecular complexity index is 732. The van der Waals surface area contributed by atoms with Crippen LogP contribution in [0, 0.1) is 0 Å². The first kappa shape index (κ1) is 14.5. The van der Waals surface area contributed by atoms with Crippen molar-refractivity contribution < 1.29 is 23.5 Å². The minimum Gasteiger partial charge on any atom is -0.463 e. The van der Waals surface area contributed by atoms with Crippen LogP contribution in [-0.2, 0) is 25.6 Å². The minimum atomic E-state index is -0.844. The molecule has 0 radical (unpaired) electrons. The molecule has 1 aliphatic rings. The first-order valence-electron chi connectivity index (χ1n) is 6.61. The Morgan fingerprint density at radius 3 is 3.05 bits per heavy atom. The molecular formula is C13H12N2O6S. The molecule has 0 aliphatic carbocycles. The summed E-state index contributed by atoms with van der Waals surface area (Å²) in [5, 5.41) is 5.86. The maximum Gasteiger partial charge on any atom is 0.437 e. The Balaban J connectivity index is 1.58. The monoisotopic (exact) mass is 324 g/mol. The number of carbonyl (C=O) groups excluding carboxylic acids is 2. The third-order valence-corrected chi connectivity index (χ3v) is 3.88. The van der Waals surface area contributed by atoms with Gasteiger partial charge >= 0.3 is 17.7 Å². The first-order chi connectivity index (χ1) is 10.6. The van der Waals surface area contributed by atoms with Crippen LogP contribution in [0.25, 0.3) is 10.8 Å². The predicted octanol–water partition coefficient (Wildman–Crippen LogP) is 0.814. The SMILES string of the molecule is O=C(CCn1nc(-c2cccs2)oc1=O)O[C@H]1CCOC1=O. The third-order valence-electron chi connectivity index (χ3n) is 3.03. The van der Waals surface area contributed by atoms with Gasteiger partial charge in [0.2, 0.25) is 6.10 Å². The zero-order valence-corrected chi connectivity index (χ0v) is 12.2. The lowest BCUT2D eigenvalue weighted by atomic mass is 10.3. The number of carbonyl (C=O) groups is 2. The van der Waals surface area contributed by atoms with E-state index in [2.05, 4.69) is 5.10 Å². The van der Waals surface area contributed by atoms with Gasteiger partial charge in [-0.25, -0.2) is 9.59 Å². The normalized spacial score (nSPS) is 17.5. The van der Waals surface area contributed by atoms with Gasteiger partial charge in [0.25, 0.3) is 5.89 Å².